The summed E-state index contributed by atoms with van der Waals surface area (Å²) < 4.78 is 8.65. The van der Waals surface area contributed by atoms with Crippen molar-refractivity contribution in [2.24, 2.45) is 0 Å². The largest absolute Gasteiger partial charge is 0.494 e. The maximum Gasteiger partial charge on any atom is 0.409 e. The molecule has 2 aromatic rings. The van der Waals surface area contributed by atoms with Crippen molar-refractivity contribution in [2.75, 3.05) is 11.9 Å². The smallest absolute Gasteiger partial charge is 0.409 e. The SMILES string of the molecule is CCOc1ccc(NC(=S)NC(NC(=O)OCc2ccccc2)C(Cl)(Cl)Cl)cc1. The van der Waals surface area contributed by atoms with Gasteiger partial charge in [0.1, 0.15) is 12.4 Å². The summed E-state index contributed by atoms with van der Waals surface area (Å²) in [5, 5.41) is 8.30. The number of carbonyl (C=O) groups is 1. The van der Waals surface area contributed by atoms with Crippen molar-refractivity contribution < 1.29 is 14.3 Å². The number of ether oxygens (including phenoxy) is 2. The Labute approximate surface area is 189 Å². The molecule has 29 heavy (non-hydrogen) atoms. The van der Waals surface area contributed by atoms with Gasteiger partial charge in [0.05, 0.1) is 6.61 Å². The predicted octanol–water partition coefficient (Wildman–Crippen LogP) is 4.99. The van der Waals surface area contributed by atoms with Crippen LogP contribution in [-0.2, 0) is 11.3 Å². The number of alkyl halides is 3. The van der Waals surface area contributed by atoms with Crippen molar-refractivity contribution in [3.63, 3.8) is 0 Å². The minimum atomic E-state index is -1.88. The first-order valence-corrected chi connectivity index (χ1v) is 10.2. The third-order valence-corrected chi connectivity index (χ3v) is 4.38. The Morgan fingerprint density at radius 3 is 2.31 bits per heavy atom. The predicted molar refractivity (Wildman–Crippen MR) is 121 cm³/mol. The lowest BCUT2D eigenvalue weighted by Crippen LogP contribution is -2.56. The van der Waals surface area contributed by atoms with E-state index in [2.05, 4.69) is 16.0 Å². The van der Waals surface area contributed by atoms with Crippen molar-refractivity contribution in [2.45, 2.75) is 23.5 Å². The maximum atomic E-state index is 12.1. The van der Waals surface area contributed by atoms with Crippen LogP contribution in [0.1, 0.15) is 12.5 Å². The van der Waals surface area contributed by atoms with Gasteiger partial charge in [-0.2, -0.15) is 0 Å². The van der Waals surface area contributed by atoms with E-state index in [0.717, 1.165) is 11.3 Å². The molecule has 6 nitrogen and oxygen atoms in total. The van der Waals surface area contributed by atoms with Crippen LogP contribution in [0, 0.1) is 0 Å². The summed E-state index contributed by atoms with van der Waals surface area (Å²) >= 11 is 23.1. The third-order valence-electron chi connectivity index (χ3n) is 3.50. The van der Waals surface area contributed by atoms with Crippen LogP contribution < -0.4 is 20.7 Å². The molecule has 1 amide bonds. The number of anilines is 1. The Kier molecular flexibility index (Phi) is 9.10. The Bertz CT molecular complexity index is 802. The van der Waals surface area contributed by atoms with E-state index >= 15 is 0 Å². The number of amides is 1. The van der Waals surface area contributed by atoms with Gasteiger partial charge in [-0.05, 0) is 49.0 Å². The van der Waals surface area contributed by atoms with Gasteiger partial charge in [0.25, 0.3) is 0 Å². The minimum Gasteiger partial charge on any atom is -0.494 e. The zero-order valence-corrected chi connectivity index (χ0v) is 18.5. The third kappa shape index (κ3) is 8.53. The highest BCUT2D eigenvalue weighted by Crippen LogP contribution is 2.29. The molecule has 156 valence electrons. The molecule has 0 spiro atoms. The van der Waals surface area contributed by atoms with Gasteiger partial charge < -0.3 is 20.1 Å². The van der Waals surface area contributed by atoms with E-state index in [1.807, 2.05) is 37.3 Å². The average molecular weight is 477 g/mol. The number of hydrogen-bond acceptors (Lipinski definition) is 4. The molecule has 0 radical (unpaired) electrons. The molecular weight excluding hydrogens is 457 g/mol. The topological polar surface area (TPSA) is 71.6 Å². The molecule has 0 aromatic heterocycles. The van der Waals surface area contributed by atoms with Crippen molar-refractivity contribution in [1.82, 2.24) is 10.6 Å². The second kappa shape index (κ2) is 11.3. The van der Waals surface area contributed by atoms with Crippen LogP contribution in [0.4, 0.5) is 10.5 Å². The minimum absolute atomic E-state index is 0.0775. The lowest BCUT2D eigenvalue weighted by atomic mass is 10.2. The van der Waals surface area contributed by atoms with Gasteiger partial charge >= 0.3 is 6.09 Å². The molecule has 2 aromatic carbocycles. The molecular formula is C19H20Cl3N3O3S. The summed E-state index contributed by atoms with van der Waals surface area (Å²) in [5.74, 6) is 0.735. The summed E-state index contributed by atoms with van der Waals surface area (Å²) in [5.41, 5.74) is 1.52. The molecule has 0 aliphatic carbocycles. The quantitative estimate of drug-likeness (QED) is 0.297. The molecule has 0 aliphatic rings. The molecule has 0 bridgehead atoms. The van der Waals surface area contributed by atoms with E-state index in [-0.39, 0.29) is 11.7 Å². The molecule has 10 heteroatoms. The van der Waals surface area contributed by atoms with Crippen LogP contribution in [0.5, 0.6) is 5.75 Å². The molecule has 0 aliphatic heterocycles. The van der Waals surface area contributed by atoms with Crippen molar-refractivity contribution in [1.29, 1.82) is 0 Å². The van der Waals surface area contributed by atoms with Crippen LogP contribution in [-0.4, -0.2) is 27.8 Å². The van der Waals surface area contributed by atoms with Gasteiger partial charge in [-0.15, -0.1) is 0 Å². The first-order chi connectivity index (χ1) is 13.8. The average Bonchev–Trinajstić information content (AvgIpc) is 2.68. The van der Waals surface area contributed by atoms with Gasteiger partial charge in [-0.1, -0.05) is 65.1 Å². The second-order valence-electron chi connectivity index (χ2n) is 5.74. The fourth-order valence-corrected chi connectivity index (χ4v) is 2.74. The number of hydrogen-bond donors (Lipinski definition) is 3. The molecule has 1 atom stereocenters. The van der Waals surface area contributed by atoms with Gasteiger partial charge in [0.2, 0.25) is 3.79 Å². The molecule has 0 heterocycles. The Balaban J connectivity index is 1.90. The monoisotopic (exact) mass is 475 g/mol. The Morgan fingerprint density at radius 1 is 1.07 bits per heavy atom. The van der Waals surface area contributed by atoms with Crippen LogP contribution in [0.25, 0.3) is 0 Å². The molecule has 2 rings (SSSR count). The van der Waals surface area contributed by atoms with Gasteiger partial charge in [0, 0.05) is 5.69 Å². The summed E-state index contributed by atoms with van der Waals surface area (Å²) in [6.07, 6.45) is -1.89. The first-order valence-electron chi connectivity index (χ1n) is 8.62. The number of nitrogens with one attached hydrogen (secondary N) is 3. The number of thiocarbonyl (C=S) groups is 1. The van der Waals surface area contributed by atoms with E-state index in [0.29, 0.717) is 12.3 Å². The van der Waals surface area contributed by atoms with E-state index < -0.39 is 16.1 Å². The number of rotatable bonds is 7. The summed E-state index contributed by atoms with van der Waals surface area (Å²) in [4.78, 5) is 12.1. The van der Waals surface area contributed by atoms with E-state index in [1.165, 1.54) is 0 Å². The van der Waals surface area contributed by atoms with Gasteiger partial charge in [-0.3, -0.25) is 5.32 Å². The Morgan fingerprint density at radius 2 is 1.72 bits per heavy atom. The fourth-order valence-electron chi connectivity index (χ4n) is 2.18. The highest BCUT2D eigenvalue weighted by atomic mass is 35.6. The van der Waals surface area contributed by atoms with Crippen LogP contribution >= 0.6 is 47.0 Å². The maximum absolute atomic E-state index is 12.1. The molecule has 3 N–H and O–H groups in total. The van der Waals surface area contributed by atoms with Crippen molar-refractivity contribution in [3.05, 3.63) is 60.2 Å². The highest BCUT2D eigenvalue weighted by Gasteiger charge is 2.35. The van der Waals surface area contributed by atoms with E-state index in [4.69, 9.17) is 56.5 Å². The van der Waals surface area contributed by atoms with Crippen LogP contribution in [0.3, 0.4) is 0 Å². The van der Waals surface area contributed by atoms with E-state index in [1.54, 1.807) is 24.3 Å². The molecule has 0 fully saturated rings. The highest BCUT2D eigenvalue weighted by molar-refractivity contribution is 7.80. The van der Waals surface area contributed by atoms with E-state index in [9.17, 15) is 4.79 Å². The normalized spacial score (nSPS) is 11.9. The van der Waals surface area contributed by atoms with Gasteiger partial charge in [-0.25, -0.2) is 4.79 Å². The molecule has 0 saturated carbocycles. The number of benzene rings is 2. The zero-order valence-electron chi connectivity index (χ0n) is 15.5. The Hall–Kier alpha value is -1.93. The lowest BCUT2D eigenvalue weighted by molar-refractivity contribution is 0.135. The summed E-state index contributed by atoms with van der Waals surface area (Å²) in [7, 11) is 0. The first kappa shape index (κ1) is 23.3. The van der Waals surface area contributed by atoms with Crippen molar-refractivity contribution in [3.8, 4) is 5.75 Å². The fraction of sp³-hybridized carbons (Fsp3) is 0.263. The molecule has 0 saturated heterocycles. The van der Waals surface area contributed by atoms with Crippen molar-refractivity contribution >= 4 is 63.9 Å². The lowest BCUT2D eigenvalue weighted by Gasteiger charge is -2.27. The van der Waals surface area contributed by atoms with Crippen LogP contribution in [0.2, 0.25) is 0 Å². The summed E-state index contributed by atoms with van der Waals surface area (Å²) in [6.45, 7) is 2.55. The van der Waals surface area contributed by atoms with Crippen LogP contribution in [0.15, 0.2) is 54.6 Å². The van der Waals surface area contributed by atoms with Gasteiger partial charge in [0.15, 0.2) is 11.3 Å². The zero-order chi connectivity index (χ0) is 21.3. The summed E-state index contributed by atoms with van der Waals surface area (Å²) in [6, 6.07) is 16.3. The number of halogens is 3. The second-order valence-corrected chi connectivity index (χ2v) is 8.51. The molecule has 1 unspecified atom stereocenters. The standard InChI is InChI=1S/C19H20Cl3N3O3S/c1-2-27-15-10-8-14(9-11-15)23-17(29)24-16(19(20,21)22)25-18(26)28-12-13-6-4-3-5-7-13/h3-11,16H,2,12H2,1H3,(H,25,26)(H2,23,24,29). The number of carbonyl (C=O) groups excluding carboxylic acids is 1. The number of alkyl carbamates (subject to hydrolysis) is 1.